The van der Waals surface area contributed by atoms with Crippen LogP contribution in [0.3, 0.4) is 0 Å². The molecule has 0 atom stereocenters. The second kappa shape index (κ2) is 10.3. The molecule has 0 aliphatic carbocycles. The lowest BCUT2D eigenvalue weighted by atomic mass is 10.1. The largest absolute Gasteiger partial charge is 0.497 e. The van der Waals surface area contributed by atoms with Crippen LogP contribution in [0.2, 0.25) is 0 Å². The number of rotatable bonds is 9. The highest BCUT2D eigenvalue weighted by atomic mass is 33.1. The van der Waals surface area contributed by atoms with Gasteiger partial charge in [-0.1, -0.05) is 51.9 Å². The van der Waals surface area contributed by atoms with Crippen LogP contribution < -0.4 is 4.74 Å². The standard InChI is InChI=1S/C19H19F3O3S3/c1-25-18-9-5-15(6-10-18)13-27-26-11-2-12-28(23,24)14-16-3-7-17(8-4-16)19(20,21)22/h2-11H,12-14H2,1H3/b11-2+. The first-order valence-corrected chi connectivity index (χ1v) is 12.3. The van der Waals surface area contributed by atoms with Gasteiger partial charge in [-0.25, -0.2) is 8.42 Å². The summed E-state index contributed by atoms with van der Waals surface area (Å²) in [6.45, 7) is 0. The molecule has 0 aliphatic heterocycles. The molecule has 2 aromatic rings. The second-order valence-corrected chi connectivity index (χ2v) is 10.2. The van der Waals surface area contributed by atoms with E-state index < -0.39 is 21.6 Å². The molecule has 2 rings (SSSR count). The van der Waals surface area contributed by atoms with Gasteiger partial charge in [-0.05, 0) is 40.8 Å². The van der Waals surface area contributed by atoms with E-state index in [-0.39, 0.29) is 11.5 Å². The quantitative estimate of drug-likeness (QED) is 0.362. The molecular weight excluding hydrogens is 429 g/mol. The van der Waals surface area contributed by atoms with Gasteiger partial charge in [-0.2, -0.15) is 13.2 Å². The van der Waals surface area contributed by atoms with Gasteiger partial charge >= 0.3 is 6.18 Å². The van der Waals surface area contributed by atoms with E-state index in [1.807, 2.05) is 24.3 Å². The topological polar surface area (TPSA) is 43.4 Å². The summed E-state index contributed by atoms with van der Waals surface area (Å²) in [4.78, 5) is 0. The highest BCUT2D eigenvalue weighted by molar-refractivity contribution is 8.77. The molecule has 0 radical (unpaired) electrons. The highest BCUT2D eigenvalue weighted by Crippen LogP contribution is 2.30. The number of benzene rings is 2. The summed E-state index contributed by atoms with van der Waals surface area (Å²) in [6, 6.07) is 11.9. The predicted molar refractivity (Wildman–Crippen MR) is 110 cm³/mol. The number of sulfone groups is 1. The third-order valence-corrected chi connectivity index (χ3v) is 7.08. The number of halogens is 3. The molecule has 0 N–H and O–H groups in total. The van der Waals surface area contributed by atoms with Crippen molar-refractivity contribution in [3.05, 3.63) is 76.7 Å². The lowest BCUT2D eigenvalue weighted by Gasteiger charge is -2.07. The summed E-state index contributed by atoms with van der Waals surface area (Å²) in [5.41, 5.74) is 0.670. The van der Waals surface area contributed by atoms with E-state index >= 15 is 0 Å². The molecule has 0 unspecified atom stereocenters. The first-order chi connectivity index (χ1) is 13.2. The van der Waals surface area contributed by atoms with Gasteiger partial charge in [0.15, 0.2) is 9.84 Å². The molecule has 2 aromatic carbocycles. The Labute approximate surface area is 170 Å². The molecule has 0 fully saturated rings. The lowest BCUT2D eigenvalue weighted by Crippen LogP contribution is -2.08. The summed E-state index contributed by atoms with van der Waals surface area (Å²) in [6.07, 6.45) is -2.88. The first-order valence-electron chi connectivity index (χ1n) is 8.12. The number of hydrogen-bond donors (Lipinski definition) is 0. The molecular formula is C19H19F3O3S3. The van der Waals surface area contributed by atoms with E-state index in [9.17, 15) is 21.6 Å². The van der Waals surface area contributed by atoms with E-state index in [1.165, 1.54) is 22.9 Å². The van der Waals surface area contributed by atoms with Gasteiger partial charge in [-0.15, -0.1) is 0 Å². The van der Waals surface area contributed by atoms with Crippen molar-refractivity contribution in [2.45, 2.75) is 17.7 Å². The van der Waals surface area contributed by atoms with Gasteiger partial charge in [0.25, 0.3) is 0 Å². The Morgan fingerprint density at radius 2 is 1.61 bits per heavy atom. The van der Waals surface area contributed by atoms with Crippen LogP contribution in [0.1, 0.15) is 16.7 Å². The van der Waals surface area contributed by atoms with E-state index in [0.717, 1.165) is 29.2 Å². The molecule has 0 saturated carbocycles. The lowest BCUT2D eigenvalue weighted by molar-refractivity contribution is -0.137. The minimum atomic E-state index is -4.43. The van der Waals surface area contributed by atoms with Crippen LogP contribution in [0.15, 0.2) is 60.0 Å². The minimum absolute atomic E-state index is 0.163. The molecule has 0 spiro atoms. The Bertz CT molecular complexity index is 875. The fourth-order valence-electron chi connectivity index (χ4n) is 2.19. The average Bonchev–Trinajstić information content (AvgIpc) is 2.64. The smallest absolute Gasteiger partial charge is 0.416 e. The zero-order valence-electron chi connectivity index (χ0n) is 15.0. The minimum Gasteiger partial charge on any atom is -0.497 e. The Kier molecular flexibility index (Phi) is 8.33. The normalized spacial score (nSPS) is 12.4. The molecule has 0 saturated heterocycles. The van der Waals surface area contributed by atoms with Crippen molar-refractivity contribution in [3.63, 3.8) is 0 Å². The third kappa shape index (κ3) is 7.81. The van der Waals surface area contributed by atoms with Gasteiger partial charge in [0.2, 0.25) is 0 Å². The van der Waals surface area contributed by atoms with E-state index in [1.54, 1.807) is 29.4 Å². The maximum Gasteiger partial charge on any atom is 0.416 e. The Hall–Kier alpha value is -1.58. The summed E-state index contributed by atoms with van der Waals surface area (Å²) in [7, 11) is 1.16. The monoisotopic (exact) mass is 448 g/mol. The van der Waals surface area contributed by atoms with Crippen LogP contribution in [0.5, 0.6) is 5.75 Å². The molecule has 0 aliphatic rings. The Morgan fingerprint density at radius 1 is 1.00 bits per heavy atom. The number of methoxy groups -OCH3 is 1. The van der Waals surface area contributed by atoms with Crippen molar-refractivity contribution >= 4 is 31.4 Å². The molecule has 3 nitrogen and oxygen atoms in total. The number of hydrogen-bond acceptors (Lipinski definition) is 5. The Morgan fingerprint density at radius 3 is 2.18 bits per heavy atom. The fraction of sp³-hybridized carbons (Fsp3) is 0.263. The van der Waals surface area contributed by atoms with E-state index in [0.29, 0.717) is 5.56 Å². The van der Waals surface area contributed by atoms with Crippen LogP contribution >= 0.6 is 21.6 Å². The van der Waals surface area contributed by atoms with Crippen molar-refractivity contribution in [2.75, 3.05) is 12.9 Å². The van der Waals surface area contributed by atoms with Gasteiger partial charge in [-0.3, -0.25) is 0 Å². The molecule has 152 valence electrons. The first kappa shape index (κ1) is 22.7. The highest BCUT2D eigenvalue weighted by Gasteiger charge is 2.30. The van der Waals surface area contributed by atoms with Crippen molar-refractivity contribution in [1.82, 2.24) is 0 Å². The molecule has 0 heterocycles. The maximum atomic E-state index is 12.5. The number of ether oxygens (including phenoxy) is 1. The summed E-state index contributed by atoms with van der Waals surface area (Å²) >= 11 is 0. The van der Waals surface area contributed by atoms with Crippen LogP contribution in [-0.2, 0) is 27.5 Å². The molecule has 28 heavy (non-hydrogen) atoms. The van der Waals surface area contributed by atoms with Crippen LogP contribution in [0.25, 0.3) is 0 Å². The van der Waals surface area contributed by atoms with E-state index in [2.05, 4.69) is 0 Å². The summed E-state index contributed by atoms with van der Waals surface area (Å²) in [5.74, 6) is 1.10. The maximum absolute atomic E-state index is 12.5. The molecule has 0 bridgehead atoms. The van der Waals surface area contributed by atoms with Crippen molar-refractivity contribution in [2.24, 2.45) is 0 Å². The van der Waals surface area contributed by atoms with Gasteiger partial charge in [0, 0.05) is 5.75 Å². The molecule has 9 heteroatoms. The summed E-state index contributed by atoms with van der Waals surface area (Å²) in [5, 5.41) is 1.71. The summed E-state index contributed by atoms with van der Waals surface area (Å²) < 4.78 is 66.9. The van der Waals surface area contributed by atoms with Crippen molar-refractivity contribution < 1.29 is 26.3 Å². The third-order valence-electron chi connectivity index (χ3n) is 3.62. The fourth-order valence-corrected chi connectivity index (χ4v) is 5.25. The van der Waals surface area contributed by atoms with Gasteiger partial charge in [0.1, 0.15) is 5.75 Å². The van der Waals surface area contributed by atoms with Gasteiger partial charge in [0.05, 0.1) is 24.2 Å². The molecule has 0 amide bonds. The average molecular weight is 449 g/mol. The number of alkyl halides is 3. The van der Waals surface area contributed by atoms with Crippen LogP contribution in [0.4, 0.5) is 13.2 Å². The van der Waals surface area contributed by atoms with Crippen molar-refractivity contribution in [1.29, 1.82) is 0 Å². The zero-order valence-corrected chi connectivity index (χ0v) is 17.4. The predicted octanol–water partition coefficient (Wildman–Crippen LogP) is 5.72. The SMILES string of the molecule is COc1ccc(CSS/C=C/CS(=O)(=O)Cc2ccc(C(F)(F)F)cc2)cc1. The molecule has 0 aromatic heterocycles. The Balaban J connectivity index is 1.75. The van der Waals surface area contributed by atoms with Crippen LogP contribution in [-0.4, -0.2) is 21.3 Å². The second-order valence-electron chi connectivity index (χ2n) is 5.83. The van der Waals surface area contributed by atoms with Crippen molar-refractivity contribution in [3.8, 4) is 5.75 Å². The van der Waals surface area contributed by atoms with Gasteiger partial charge < -0.3 is 4.74 Å². The zero-order chi connectivity index (χ0) is 20.6. The van der Waals surface area contributed by atoms with Crippen LogP contribution in [0, 0.1) is 0 Å². The van der Waals surface area contributed by atoms with E-state index in [4.69, 9.17) is 4.74 Å².